The van der Waals surface area contributed by atoms with Gasteiger partial charge in [-0.3, -0.25) is 4.90 Å². The summed E-state index contributed by atoms with van der Waals surface area (Å²) in [7, 11) is 0. The molecular formula is C12H9ClFN3O. The molecule has 0 radical (unpaired) electrons. The lowest BCUT2D eigenvalue weighted by Gasteiger charge is -2.23. The highest BCUT2D eigenvalue weighted by molar-refractivity contribution is 6.31. The van der Waals surface area contributed by atoms with Gasteiger partial charge in [0.05, 0.1) is 6.54 Å². The Morgan fingerprint density at radius 1 is 1.61 bits per heavy atom. The number of aliphatic imine (C=N–C) groups is 1. The van der Waals surface area contributed by atoms with Gasteiger partial charge < -0.3 is 5.73 Å². The van der Waals surface area contributed by atoms with Crippen molar-refractivity contribution >= 4 is 23.5 Å². The summed E-state index contributed by atoms with van der Waals surface area (Å²) < 4.78 is 13.8. The SMILES string of the molecule is C#CCN1C(=O)N=C(N)C1c1c(F)cccc1Cl. The molecule has 1 aromatic carbocycles. The summed E-state index contributed by atoms with van der Waals surface area (Å²) in [4.78, 5) is 16.4. The van der Waals surface area contributed by atoms with Crippen molar-refractivity contribution in [2.45, 2.75) is 6.04 Å². The molecule has 1 aliphatic rings. The molecule has 1 atom stereocenters. The molecule has 1 heterocycles. The Labute approximate surface area is 108 Å². The van der Waals surface area contributed by atoms with Gasteiger partial charge in [0.25, 0.3) is 0 Å². The van der Waals surface area contributed by atoms with Crippen molar-refractivity contribution in [1.82, 2.24) is 4.90 Å². The van der Waals surface area contributed by atoms with Crippen molar-refractivity contribution in [3.05, 3.63) is 34.6 Å². The molecule has 0 bridgehead atoms. The summed E-state index contributed by atoms with van der Waals surface area (Å²) >= 11 is 5.95. The number of amides is 2. The van der Waals surface area contributed by atoms with Gasteiger partial charge in [0.2, 0.25) is 0 Å². The lowest BCUT2D eigenvalue weighted by molar-refractivity contribution is 0.213. The van der Waals surface area contributed by atoms with E-state index < -0.39 is 17.9 Å². The molecule has 2 rings (SSSR count). The number of amidine groups is 1. The fourth-order valence-corrected chi connectivity index (χ4v) is 2.11. The third-order valence-corrected chi connectivity index (χ3v) is 2.93. The average Bonchev–Trinajstić information content (AvgIpc) is 2.56. The van der Waals surface area contributed by atoms with Gasteiger partial charge in [-0.2, -0.15) is 4.99 Å². The van der Waals surface area contributed by atoms with Crippen LogP contribution in [0.5, 0.6) is 0 Å². The first-order valence-electron chi connectivity index (χ1n) is 5.08. The van der Waals surface area contributed by atoms with Crippen LogP contribution < -0.4 is 5.73 Å². The number of nitrogens with zero attached hydrogens (tertiary/aromatic N) is 2. The van der Waals surface area contributed by atoms with Crippen LogP contribution in [0.2, 0.25) is 5.02 Å². The van der Waals surface area contributed by atoms with Crippen molar-refractivity contribution in [2.24, 2.45) is 10.7 Å². The van der Waals surface area contributed by atoms with Crippen LogP contribution in [0, 0.1) is 18.2 Å². The van der Waals surface area contributed by atoms with Crippen LogP contribution in [0.15, 0.2) is 23.2 Å². The van der Waals surface area contributed by atoms with Gasteiger partial charge in [0.1, 0.15) is 17.7 Å². The highest BCUT2D eigenvalue weighted by Crippen LogP contribution is 2.33. The highest BCUT2D eigenvalue weighted by atomic mass is 35.5. The number of halogens is 2. The van der Waals surface area contributed by atoms with Crippen LogP contribution >= 0.6 is 11.6 Å². The van der Waals surface area contributed by atoms with Gasteiger partial charge in [-0.1, -0.05) is 23.6 Å². The second kappa shape index (κ2) is 4.67. The molecule has 2 amide bonds. The molecule has 18 heavy (non-hydrogen) atoms. The fourth-order valence-electron chi connectivity index (χ4n) is 1.84. The van der Waals surface area contributed by atoms with Gasteiger partial charge in [0, 0.05) is 10.6 Å². The summed E-state index contributed by atoms with van der Waals surface area (Å²) in [5, 5.41) is 0.176. The Morgan fingerprint density at radius 3 is 2.94 bits per heavy atom. The molecule has 4 nitrogen and oxygen atoms in total. The Hall–Kier alpha value is -2.06. The summed E-state index contributed by atoms with van der Waals surface area (Å²) in [6.07, 6.45) is 5.17. The van der Waals surface area contributed by atoms with Crippen LogP contribution in [0.1, 0.15) is 11.6 Å². The first kappa shape index (κ1) is 12.4. The standard InChI is InChI=1S/C12H9ClFN3O/c1-2-6-17-10(11(15)16-12(17)18)9-7(13)4-3-5-8(9)14/h1,3-5,10H,6H2,(H2,15,16,18). The minimum atomic E-state index is -0.845. The lowest BCUT2D eigenvalue weighted by atomic mass is 10.0. The van der Waals surface area contributed by atoms with E-state index in [-0.39, 0.29) is 23.0 Å². The van der Waals surface area contributed by atoms with Crippen LogP contribution in [0.4, 0.5) is 9.18 Å². The molecule has 0 fully saturated rings. The number of rotatable bonds is 2. The number of urea groups is 1. The summed E-state index contributed by atoms with van der Waals surface area (Å²) in [6, 6.07) is 2.80. The predicted octanol–water partition coefficient (Wildman–Crippen LogP) is 1.95. The minimum absolute atomic E-state index is 0.0118. The normalized spacial score (nSPS) is 18.7. The van der Waals surface area contributed by atoms with E-state index in [9.17, 15) is 9.18 Å². The predicted molar refractivity (Wildman–Crippen MR) is 66.7 cm³/mol. The van der Waals surface area contributed by atoms with E-state index in [0.29, 0.717) is 0 Å². The third kappa shape index (κ3) is 1.91. The maximum absolute atomic E-state index is 13.8. The van der Waals surface area contributed by atoms with E-state index in [1.54, 1.807) is 0 Å². The van der Waals surface area contributed by atoms with Crippen molar-refractivity contribution in [3.63, 3.8) is 0 Å². The molecule has 92 valence electrons. The number of carbonyl (C=O) groups is 1. The molecule has 2 N–H and O–H groups in total. The first-order chi connectivity index (χ1) is 8.56. The summed E-state index contributed by atoms with van der Waals surface area (Å²) in [6.45, 7) is -0.0155. The quantitative estimate of drug-likeness (QED) is 0.831. The van der Waals surface area contributed by atoms with E-state index in [0.717, 1.165) is 0 Å². The monoisotopic (exact) mass is 265 g/mol. The van der Waals surface area contributed by atoms with Crippen molar-refractivity contribution in [2.75, 3.05) is 6.54 Å². The zero-order valence-electron chi connectivity index (χ0n) is 9.23. The summed E-state index contributed by atoms with van der Waals surface area (Å²) in [5.74, 6) is 1.74. The van der Waals surface area contributed by atoms with E-state index in [1.165, 1.54) is 23.1 Å². The van der Waals surface area contributed by atoms with Crippen LogP contribution in [0.25, 0.3) is 0 Å². The second-order valence-electron chi connectivity index (χ2n) is 3.69. The Bertz CT molecular complexity index is 559. The van der Waals surface area contributed by atoms with E-state index in [1.807, 2.05) is 0 Å². The van der Waals surface area contributed by atoms with E-state index >= 15 is 0 Å². The van der Waals surface area contributed by atoms with E-state index in [4.69, 9.17) is 23.8 Å². The number of terminal acetylenes is 1. The van der Waals surface area contributed by atoms with Gasteiger partial charge in [-0.15, -0.1) is 6.42 Å². The molecule has 1 aromatic rings. The van der Waals surface area contributed by atoms with E-state index in [2.05, 4.69) is 10.9 Å². The molecule has 1 aliphatic heterocycles. The number of hydrogen-bond donors (Lipinski definition) is 1. The van der Waals surface area contributed by atoms with Gasteiger partial charge in [-0.05, 0) is 12.1 Å². The molecule has 6 heteroatoms. The Morgan fingerprint density at radius 2 is 2.33 bits per heavy atom. The van der Waals surface area contributed by atoms with Crippen LogP contribution in [-0.2, 0) is 0 Å². The van der Waals surface area contributed by atoms with Gasteiger partial charge >= 0.3 is 6.03 Å². The largest absolute Gasteiger partial charge is 0.385 e. The fraction of sp³-hybridized carbons (Fsp3) is 0.167. The molecule has 0 aliphatic carbocycles. The molecule has 0 aromatic heterocycles. The van der Waals surface area contributed by atoms with Crippen molar-refractivity contribution in [3.8, 4) is 12.3 Å². The van der Waals surface area contributed by atoms with Gasteiger partial charge in [0.15, 0.2) is 0 Å². The molecule has 0 spiro atoms. The first-order valence-corrected chi connectivity index (χ1v) is 5.46. The van der Waals surface area contributed by atoms with Crippen LogP contribution in [0.3, 0.4) is 0 Å². The highest BCUT2D eigenvalue weighted by Gasteiger charge is 2.36. The average molecular weight is 266 g/mol. The number of carbonyl (C=O) groups excluding carboxylic acids is 1. The third-order valence-electron chi connectivity index (χ3n) is 2.60. The Balaban J connectivity index is 2.52. The minimum Gasteiger partial charge on any atom is -0.385 e. The molecule has 0 saturated carbocycles. The zero-order chi connectivity index (χ0) is 13.3. The second-order valence-corrected chi connectivity index (χ2v) is 4.10. The molecular weight excluding hydrogens is 257 g/mol. The maximum atomic E-state index is 13.8. The molecule has 0 saturated heterocycles. The smallest absolute Gasteiger partial charge is 0.346 e. The van der Waals surface area contributed by atoms with Crippen molar-refractivity contribution < 1.29 is 9.18 Å². The van der Waals surface area contributed by atoms with Crippen molar-refractivity contribution in [1.29, 1.82) is 0 Å². The number of benzene rings is 1. The summed E-state index contributed by atoms with van der Waals surface area (Å²) in [5.41, 5.74) is 5.77. The number of hydrogen-bond acceptors (Lipinski definition) is 2. The zero-order valence-corrected chi connectivity index (χ0v) is 9.99. The van der Waals surface area contributed by atoms with Gasteiger partial charge in [-0.25, -0.2) is 9.18 Å². The topological polar surface area (TPSA) is 58.7 Å². The molecule has 1 unspecified atom stereocenters. The lowest BCUT2D eigenvalue weighted by Crippen LogP contribution is -2.34. The maximum Gasteiger partial charge on any atom is 0.346 e. The number of nitrogens with two attached hydrogens (primary N) is 1. The Kier molecular flexibility index (Phi) is 3.21. The van der Waals surface area contributed by atoms with Crippen LogP contribution in [-0.4, -0.2) is 23.3 Å².